The van der Waals surface area contributed by atoms with Crippen LogP contribution in [0.1, 0.15) is 63.5 Å². The third-order valence-corrected chi connectivity index (χ3v) is 4.75. The minimum absolute atomic E-state index is 0.179. The number of amides is 1. The zero-order chi connectivity index (χ0) is 16.5. The van der Waals surface area contributed by atoms with E-state index in [0.29, 0.717) is 18.9 Å². The number of hydrogen-bond donors (Lipinski definition) is 1. The predicted octanol–water partition coefficient (Wildman–Crippen LogP) is 4.12. The summed E-state index contributed by atoms with van der Waals surface area (Å²) in [5.74, 6) is 0.655. The smallest absolute Gasteiger partial charge is 0.220 e. The van der Waals surface area contributed by atoms with Gasteiger partial charge in [0.25, 0.3) is 0 Å². The highest BCUT2D eigenvalue weighted by Gasteiger charge is 2.13. The number of piperidine rings is 1. The maximum atomic E-state index is 12.1. The first kappa shape index (κ1) is 18.0. The van der Waals surface area contributed by atoms with Gasteiger partial charge in [0.2, 0.25) is 5.91 Å². The van der Waals surface area contributed by atoms with Crippen molar-refractivity contribution in [3.63, 3.8) is 0 Å². The van der Waals surface area contributed by atoms with Crippen molar-refractivity contribution in [1.82, 2.24) is 10.2 Å². The Bertz CT molecular complexity index is 480. The van der Waals surface area contributed by atoms with Gasteiger partial charge < -0.3 is 5.32 Å². The normalized spacial score (nSPS) is 17.0. The molecule has 1 aliphatic heterocycles. The second kappa shape index (κ2) is 9.71. The van der Waals surface area contributed by atoms with Crippen molar-refractivity contribution in [3.8, 4) is 0 Å². The maximum absolute atomic E-state index is 12.1. The number of nitrogens with one attached hydrogen (secondary N) is 1. The Morgan fingerprint density at radius 2 is 1.87 bits per heavy atom. The number of nitrogens with zero attached hydrogens (tertiary/aromatic N) is 1. The molecule has 0 aliphatic carbocycles. The summed E-state index contributed by atoms with van der Waals surface area (Å²) in [6, 6.07) is 8.53. The minimum atomic E-state index is 0.179. The fourth-order valence-corrected chi connectivity index (χ4v) is 3.42. The first-order valence-electron chi connectivity index (χ1n) is 9.25. The molecule has 1 amide bonds. The van der Waals surface area contributed by atoms with Gasteiger partial charge in [0.1, 0.15) is 0 Å². The van der Waals surface area contributed by atoms with Crippen LogP contribution in [0.15, 0.2) is 24.3 Å². The van der Waals surface area contributed by atoms with Crippen LogP contribution in [-0.2, 0) is 17.9 Å². The van der Waals surface area contributed by atoms with Crippen molar-refractivity contribution in [1.29, 1.82) is 0 Å². The zero-order valence-corrected chi connectivity index (χ0v) is 14.8. The van der Waals surface area contributed by atoms with E-state index < -0.39 is 0 Å². The number of carbonyl (C=O) groups excluding carboxylic acids is 1. The molecule has 1 atom stereocenters. The van der Waals surface area contributed by atoms with Crippen LogP contribution in [0.2, 0.25) is 0 Å². The summed E-state index contributed by atoms with van der Waals surface area (Å²) in [4.78, 5) is 14.6. The van der Waals surface area contributed by atoms with E-state index in [0.717, 1.165) is 19.4 Å². The molecule has 3 heteroatoms. The molecule has 1 aromatic rings. The molecular formula is C20H32N2O. The van der Waals surface area contributed by atoms with Gasteiger partial charge in [0.05, 0.1) is 0 Å². The fourth-order valence-electron chi connectivity index (χ4n) is 3.42. The van der Waals surface area contributed by atoms with Gasteiger partial charge >= 0.3 is 0 Å². The third-order valence-electron chi connectivity index (χ3n) is 4.75. The second-order valence-electron chi connectivity index (χ2n) is 6.98. The van der Waals surface area contributed by atoms with Crippen LogP contribution in [0.4, 0.5) is 0 Å². The van der Waals surface area contributed by atoms with Gasteiger partial charge in [0, 0.05) is 19.5 Å². The van der Waals surface area contributed by atoms with E-state index in [1.807, 2.05) is 0 Å². The lowest BCUT2D eigenvalue weighted by atomic mass is 10.0. The SMILES string of the molecule is CCCC(C)CC(=O)NCc1ccccc1CN1CCCCC1. The van der Waals surface area contributed by atoms with E-state index in [-0.39, 0.29) is 5.91 Å². The van der Waals surface area contributed by atoms with Crippen LogP contribution >= 0.6 is 0 Å². The van der Waals surface area contributed by atoms with Crippen molar-refractivity contribution in [2.75, 3.05) is 13.1 Å². The monoisotopic (exact) mass is 316 g/mol. The molecule has 1 aromatic carbocycles. The number of carbonyl (C=O) groups is 1. The molecule has 1 unspecified atom stereocenters. The predicted molar refractivity (Wildman–Crippen MR) is 96.1 cm³/mol. The third kappa shape index (κ3) is 6.34. The van der Waals surface area contributed by atoms with Gasteiger partial charge in [-0.25, -0.2) is 0 Å². The van der Waals surface area contributed by atoms with Gasteiger partial charge in [-0.15, -0.1) is 0 Å². The van der Waals surface area contributed by atoms with Gasteiger partial charge in [0.15, 0.2) is 0 Å². The first-order chi connectivity index (χ1) is 11.2. The number of hydrogen-bond acceptors (Lipinski definition) is 2. The lowest BCUT2D eigenvalue weighted by Crippen LogP contribution is -2.30. The van der Waals surface area contributed by atoms with Crippen molar-refractivity contribution in [2.24, 2.45) is 5.92 Å². The average molecular weight is 316 g/mol. The zero-order valence-electron chi connectivity index (χ0n) is 14.8. The summed E-state index contributed by atoms with van der Waals surface area (Å²) in [6.07, 6.45) is 6.90. The Hall–Kier alpha value is -1.35. The second-order valence-corrected chi connectivity index (χ2v) is 6.98. The van der Waals surface area contributed by atoms with E-state index in [1.165, 1.54) is 43.5 Å². The molecule has 0 spiro atoms. The van der Waals surface area contributed by atoms with Crippen LogP contribution in [0.25, 0.3) is 0 Å². The largest absolute Gasteiger partial charge is 0.352 e. The highest BCUT2D eigenvalue weighted by molar-refractivity contribution is 5.76. The molecule has 128 valence electrons. The summed E-state index contributed by atoms with van der Waals surface area (Å²) in [5, 5.41) is 3.11. The molecule has 0 aromatic heterocycles. The van der Waals surface area contributed by atoms with Crippen molar-refractivity contribution in [3.05, 3.63) is 35.4 Å². The Morgan fingerprint density at radius 3 is 2.57 bits per heavy atom. The van der Waals surface area contributed by atoms with Crippen LogP contribution in [0, 0.1) is 5.92 Å². The molecule has 1 N–H and O–H groups in total. The highest BCUT2D eigenvalue weighted by atomic mass is 16.1. The van der Waals surface area contributed by atoms with E-state index in [4.69, 9.17) is 0 Å². The number of rotatable bonds is 8. The number of likely N-dealkylation sites (tertiary alicyclic amines) is 1. The van der Waals surface area contributed by atoms with Gasteiger partial charge in [-0.05, 0) is 43.0 Å². The standard InChI is InChI=1S/C20H32N2O/c1-3-9-17(2)14-20(23)21-15-18-10-5-6-11-19(18)16-22-12-7-4-8-13-22/h5-6,10-11,17H,3-4,7-9,12-16H2,1-2H3,(H,21,23). The number of benzene rings is 1. The summed E-state index contributed by atoms with van der Waals surface area (Å²) in [6.45, 7) is 8.41. The van der Waals surface area contributed by atoms with Gasteiger partial charge in [-0.2, -0.15) is 0 Å². The molecule has 1 aliphatic rings. The molecule has 0 radical (unpaired) electrons. The fraction of sp³-hybridized carbons (Fsp3) is 0.650. The lowest BCUT2D eigenvalue weighted by molar-refractivity contribution is -0.122. The lowest BCUT2D eigenvalue weighted by Gasteiger charge is -2.27. The van der Waals surface area contributed by atoms with Crippen molar-refractivity contribution in [2.45, 2.75) is 65.5 Å². The molecular weight excluding hydrogens is 284 g/mol. The summed E-state index contributed by atoms with van der Waals surface area (Å²) in [7, 11) is 0. The summed E-state index contributed by atoms with van der Waals surface area (Å²) in [5.41, 5.74) is 2.62. The molecule has 1 heterocycles. The Labute approximate surface area is 141 Å². The Morgan fingerprint density at radius 1 is 1.17 bits per heavy atom. The molecule has 1 fully saturated rings. The van der Waals surface area contributed by atoms with Gasteiger partial charge in [-0.3, -0.25) is 9.69 Å². The Kier molecular flexibility index (Phi) is 7.60. The van der Waals surface area contributed by atoms with Crippen molar-refractivity contribution >= 4 is 5.91 Å². The molecule has 0 bridgehead atoms. The van der Waals surface area contributed by atoms with Crippen LogP contribution in [-0.4, -0.2) is 23.9 Å². The highest BCUT2D eigenvalue weighted by Crippen LogP contribution is 2.16. The average Bonchev–Trinajstić information content (AvgIpc) is 2.55. The van der Waals surface area contributed by atoms with Crippen LogP contribution in [0.3, 0.4) is 0 Å². The Balaban J connectivity index is 1.85. The topological polar surface area (TPSA) is 32.3 Å². The van der Waals surface area contributed by atoms with E-state index in [2.05, 4.69) is 48.3 Å². The quantitative estimate of drug-likeness (QED) is 0.782. The van der Waals surface area contributed by atoms with Crippen LogP contribution < -0.4 is 5.32 Å². The maximum Gasteiger partial charge on any atom is 0.220 e. The van der Waals surface area contributed by atoms with Crippen molar-refractivity contribution < 1.29 is 4.79 Å². The van der Waals surface area contributed by atoms with Crippen LogP contribution in [0.5, 0.6) is 0 Å². The minimum Gasteiger partial charge on any atom is -0.352 e. The van der Waals surface area contributed by atoms with Gasteiger partial charge in [-0.1, -0.05) is 57.4 Å². The molecule has 2 rings (SSSR count). The molecule has 1 saturated heterocycles. The first-order valence-corrected chi connectivity index (χ1v) is 9.25. The molecule has 0 saturated carbocycles. The summed E-state index contributed by atoms with van der Waals surface area (Å²) < 4.78 is 0. The van der Waals surface area contributed by atoms with E-state index >= 15 is 0 Å². The molecule has 3 nitrogen and oxygen atoms in total. The van der Waals surface area contributed by atoms with E-state index in [9.17, 15) is 4.79 Å². The molecule has 23 heavy (non-hydrogen) atoms. The summed E-state index contributed by atoms with van der Waals surface area (Å²) >= 11 is 0. The van der Waals surface area contributed by atoms with E-state index in [1.54, 1.807) is 0 Å².